The number of fused-ring (bicyclic) bond motifs is 2. The van der Waals surface area contributed by atoms with Gasteiger partial charge in [0.15, 0.2) is 12.4 Å². The number of nitrogens with zero attached hydrogens (tertiary/aromatic N) is 5. The second kappa shape index (κ2) is 14.4. The predicted molar refractivity (Wildman–Crippen MR) is 171 cm³/mol. The van der Waals surface area contributed by atoms with E-state index in [0.717, 1.165) is 42.0 Å². The molecule has 2 amide bonds. The zero-order chi connectivity index (χ0) is 32.0. The number of amides is 2. The largest absolute Gasteiger partial charge is 0.481 e. The van der Waals surface area contributed by atoms with Gasteiger partial charge in [-0.25, -0.2) is 9.38 Å². The minimum atomic E-state index is -0.515. The normalized spacial score (nSPS) is 15.1. The van der Waals surface area contributed by atoms with Crippen LogP contribution in [0.3, 0.4) is 0 Å². The molecular formula is C32H37ClFN5O4S. The molecule has 44 heavy (non-hydrogen) atoms. The number of halogens is 2. The van der Waals surface area contributed by atoms with Crippen LogP contribution in [0.2, 0.25) is 0 Å². The summed E-state index contributed by atoms with van der Waals surface area (Å²) >= 11 is 6.92. The van der Waals surface area contributed by atoms with Gasteiger partial charge >= 0.3 is 0 Å². The number of aromatic nitrogens is 2. The van der Waals surface area contributed by atoms with Crippen molar-refractivity contribution in [3.63, 3.8) is 0 Å². The summed E-state index contributed by atoms with van der Waals surface area (Å²) in [6, 6.07) is 8.78. The number of carbonyl (C=O) groups excluding carboxylic acids is 2. The first-order valence-electron chi connectivity index (χ1n) is 14.4. The van der Waals surface area contributed by atoms with Crippen LogP contribution in [0.15, 0.2) is 35.3 Å². The van der Waals surface area contributed by atoms with E-state index in [-0.39, 0.29) is 48.7 Å². The second-order valence-corrected chi connectivity index (χ2v) is 12.2. The Kier molecular flexibility index (Phi) is 10.8. The molecule has 0 saturated heterocycles. The molecule has 3 aromatic rings. The molecule has 2 aromatic carbocycles. The summed E-state index contributed by atoms with van der Waals surface area (Å²) in [4.78, 5) is 32.1. The second-order valence-electron chi connectivity index (χ2n) is 11.2. The predicted octanol–water partition coefficient (Wildman–Crippen LogP) is 5.38. The van der Waals surface area contributed by atoms with E-state index in [9.17, 15) is 14.0 Å². The number of alkyl halides is 1. The van der Waals surface area contributed by atoms with Crippen LogP contribution >= 0.6 is 23.1 Å². The first-order chi connectivity index (χ1) is 21.0. The summed E-state index contributed by atoms with van der Waals surface area (Å²) in [5, 5.41) is 0. The van der Waals surface area contributed by atoms with Gasteiger partial charge in [0.2, 0.25) is 10.7 Å². The summed E-state index contributed by atoms with van der Waals surface area (Å²) < 4.78 is 31.7. The molecule has 2 aliphatic rings. The van der Waals surface area contributed by atoms with E-state index in [1.54, 1.807) is 4.90 Å². The van der Waals surface area contributed by atoms with Crippen LogP contribution in [0, 0.1) is 30.5 Å². The van der Waals surface area contributed by atoms with E-state index in [2.05, 4.69) is 36.1 Å². The molecule has 5 rings (SSSR count). The van der Waals surface area contributed by atoms with Crippen molar-refractivity contribution in [2.24, 2.45) is 10.4 Å². The van der Waals surface area contributed by atoms with Crippen molar-refractivity contribution in [2.75, 3.05) is 42.2 Å². The molecule has 2 aliphatic heterocycles. The fraction of sp³-hybridized carbons (Fsp3) is 0.438. The number of para-hydroxylation sites is 1. The number of hydrogen-bond acceptors (Lipinski definition) is 7. The third kappa shape index (κ3) is 7.32. The van der Waals surface area contributed by atoms with Gasteiger partial charge in [-0.1, -0.05) is 44.9 Å². The van der Waals surface area contributed by atoms with Gasteiger partial charge in [-0.2, -0.15) is 4.37 Å². The highest BCUT2D eigenvalue weighted by atomic mass is 35.5. The fourth-order valence-corrected chi connectivity index (χ4v) is 6.06. The van der Waals surface area contributed by atoms with Gasteiger partial charge in [0, 0.05) is 37.2 Å². The average Bonchev–Trinajstić information content (AvgIpc) is 3.50. The van der Waals surface area contributed by atoms with Gasteiger partial charge in [-0.15, -0.1) is 18.0 Å². The van der Waals surface area contributed by atoms with E-state index in [1.165, 1.54) is 28.6 Å². The lowest BCUT2D eigenvalue weighted by Gasteiger charge is -2.28. The lowest BCUT2D eigenvalue weighted by Crippen LogP contribution is -2.39. The number of hydrogen-bond donors (Lipinski definition) is 0. The maximum atomic E-state index is 14.5. The van der Waals surface area contributed by atoms with Crippen LogP contribution in [0.4, 0.5) is 21.5 Å². The van der Waals surface area contributed by atoms with Crippen molar-refractivity contribution in [1.29, 1.82) is 0 Å². The van der Waals surface area contributed by atoms with Crippen LogP contribution in [-0.4, -0.2) is 53.1 Å². The van der Waals surface area contributed by atoms with Gasteiger partial charge in [0.1, 0.15) is 29.9 Å². The molecule has 0 aliphatic carbocycles. The number of carbonyl (C=O) groups is 2. The zero-order valence-electron chi connectivity index (χ0n) is 25.7. The monoisotopic (exact) mass is 641 g/mol. The number of terminal acetylenes is 1. The molecule has 0 unspecified atom stereocenters. The number of benzene rings is 2. The van der Waals surface area contributed by atoms with Gasteiger partial charge < -0.3 is 14.0 Å². The third-order valence-electron chi connectivity index (χ3n) is 7.25. The summed E-state index contributed by atoms with van der Waals surface area (Å²) in [6.07, 6.45) is 7.09. The molecule has 0 saturated carbocycles. The van der Waals surface area contributed by atoms with E-state index >= 15 is 0 Å². The van der Waals surface area contributed by atoms with Gasteiger partial charge in [0.25, 0.3) is 5.91 Å². The van der Waals surface area contributed by atoms with Crippen molar-refractivity contribution < 1.29 is 23.5 Å². The van der Waals surface area contributed by atoms with Crippen LogP contribution in [0.25, 0.3) is 0 Å². The fourth-order valence-electron chi connectivity index (χ4n) is 5.15. The van der Waals surface area contributed by atoms with Crippen LogP contribution in [0.1, 0.15) is 44.6 Å². The molecule has 0 N–H and O–H groups in total. The number of rotatable bonds is 8. The quantitative estimate of drug-likeness (QED) is 0.187. The maximum absolute atomic E-state index is 14.5. The smallest absolute Gasteiger partial charge is 0.265 e. The van der Waals surface area contributed by atoms with E-state index in [1.807, 2.05) is 36.6 Å². The number of aryl methyl sites for hydroxylation is 2. The van der Waals surface area contributed by atoms with E-state index in [4.69, 9.17) is 27.5 Å². The highest BCUT2D eigenvalue weighted by Crippen LogP contribution is 2.37. The molecule has 0 radical (unpaired) electrons. The molecular weight excluding hydrogens is 605 g/mol. The Morgan fingerprint density at radius 1 is 1.34 bits per heavy atom. The Bertz CT molecular complexity index is 1640. The maximum Gasteiger partial charge on any atom is 0.265 e. The lowest BCUT2D eigenvalue weighted by molar-refractivity contribution is -0.121. The first kappa shape index (κ1) is 33.2. The summed E-state index contributed by atoms with van der Waals surface area (Å²) in [7, 11) is 0. The summed E-state index contributed by atoms with van der Waals surface area (Å²) in [6.45, 7) is 11.8. The molecule has 0 fully saturated rings. The lowest BCUT2D eigenvalue weighted by atomic mass is 9.92. The zero-order valence-corrected chi connectivity index (χ0v) is 27.2. The SMILES string of the molecule is C#CCN1C(=O)COc2cc(F)c(/N=c3\snc4n3CC(C)(C)C4)cc21.CCOCN(C(=O)CCl)c1c(C)cccc1CC. The number of anilines is 2. The Labute approximate surface area is 266 Å². The molecule has 0 bridgehead atoms. The molecule has 3 heterocycles. The topological polar surface area (TPSA) is 89.3 Å². The number of ether oxygens (including phenoxy) is 2. The highest BCUT2D eigenvalue weighted by molar-refractivity contribution is 7.02. The molecule has 234 valence electrons. The minimum Gasteiger partial charge on any atom is -0.481 e. The third-order valence-corrected chi connectivity index (χ3v) is 8.25. The van der Waals surface area contributed by atoms with Crippen LogP contribution in [-0.2, 0) is 33.7 Å². The highest BCUT2D eigenvalue weighted by Gasteiger charge is 2.31. The Morgan fingerprint density at radius 3 is 2.80 bits per heavy atom. The molecule has 1 aromatic heterocycles. The molecule has 9 nitrogen and oxygen atoms in total. The standard InChI is InChI=1S/C18H17FN4O2S.C14H20ClNO2/c1-4-5-22-13-7-12(11(19)6-14(13)25-9-16(22)24)20-17-23-10-18(2,3)8-15(23)21-26-17;1-4-12-8-6-7-11(3)14(12)16(10-18-5-2)13(17)9-15/h1,6-7H,5,8-10H2,2-3H3;6-8H,4-5,9-10H2,1-3H3/b20-17-;. The Morgan fingerprint density at radius 2 is 2.11 bits per heavy atom. The van der Waals surface area contributed by atoms with Gasteiger partial charge in [0.05, 0.1) is 17.9 Å². The minimum absolute atomic E-state index is 0.0371. The average molecular weight is 642 g/mol. The van der Waals surface area contributed by atoms with Gasteiger partial charge in [-0.05, 0) is 42.9 Å². The molecule has 0 atom stereocenters. The van der Waals surface area contributed by atoms with Crippen LogP contribution < -0.4 is 19.3 Å². The Hall–Kier alpha value is -3.72. The van der Waals surface area contributed by atoms with E-state index < -0.39 is 5.82 Å². The molecule has 12 heteroatoms. The summed E-state index contributed by atoms with van der Waals surface area (Å²) in [5.41, 5.74) is 3.80. The van der Waals surface area contributed by atoms with Crippen molar-refractivity contribution in [3.8, 4) is 18.1 Å². The van der Waals surface area contributed by atoms with Crippen LogP contribution in [0.5, 0.6) is 5.75 Å². The van der Waals surface area contributed by atoms with Gasteiger partial charge in [-0.3, -0.25) is 19.4 Å². The first-order valence-corrected chi connectivity index (χ1v) is 15.7. The molecule has 0 spiro atoms. The van der Waals surface area contributed by atoms with Crippen molar-refractivity contribution >= 4 is 52.0 Å². The Balaban J connectivity index is 0.000000217. The summed E-state index contributed by atoms with van der Waals surface area (Å²) in [5.74, 6) is 2.75. The van der Waals surface area contributed by atoms with Crippen molar-refractivity contribution in [3.05, 3.63) is 57.9 Å². The van der Waals surface area contributed by atoms with Crippen molar-refractivity contribution in [2.45, 2.75) is 54.0 Å². The van der Waals surface area contributed by atoms with Crippen molar-refractivity contribution in [1.82, 2.24) is 8.94 Å². The van der Waals surface area contributed by atoms with E-state index in [0.29, 0.717) is 22.8 Å².